The van der Waals surface area contributed by atoms with E-state index in [0.717, 1.165) is 0 Å². The van der Waals surface area contributed by atoms with E-state index in [2.05, 4.69) is 9.97 Å². The Morgan fingerprint density at radius 3 is 1.34 bits per heavy atom. The van der Waals surface area contributed by atoms with Crippen molar-refractivity contribution < 1.29 is 25.2 Å². The van der Waals surface area contributed by atoms with E-state index < -0.39 is 31.4 Å². The second-order valence-corrected chi connectivity index (χ2v) is 16.1. The predicted octanol–water partition coefficient (Wildman–Crippen LogP) is 5.83. The maximum atomic E-state index is 14.4. The summed E-state index contributed by atoms with van der Waals surface area (Å²) in [5, 5.41) is 4.05. The number of rotatable bonds is 0. The number of hydrogen-bond donors (Lipinski definition) is 2. The zero-order chi connectivity index (χ0) is 33.3. The van der Waals surface area contributed by atoms with Crippen molar-refractivity contribution in [3.63, 3.8) is 0 Å². The lowest BCUT2D eigenvalue weighted by atomic mass is 9.85. The Hall–Kier alpha value is -6.38. The van der Waals surface area contributed by atoms with Crippen molar-refractivity contribution in [1.29, 1.82) is 0 Å². The zero-order valence-electron chi connectivity index (χ0n) is 24.9. The van der Waals surface area contributed by atoms with E-state index in [1.54, 1.807) is 24.3 Å². The quantitative estimate of drug-likeness (QED) is 0.114. The molecular formula is C36H14N4O8S2. The van der Waals surface area contributed by atoms with Gasteiger partial charge in [-0.25, -0.2) is 0 Å². The third-order valence-corrected chi connectivity index (χ3v) is 13.2. The van der Waals surface area contributed by atoms with Crippen LogP contribution in [-0.2, 0) is 20.2 Å². The van der Waals surface area contributed by atoms with Gasteiger partial charge < -0.3 is 18.3 Å². The first kappa shape index (κ1) is 25.6. The number of benzene rings is 7. The van der Waals surface area contributed by atoms with Crippen molar-refractivity contribution in [2.24, 2.45) is 0 Å². The lowest BCUT2D eigenvalue weighted by Gasteiger charge is -2.28. The highest BCUT2D eigenvalue weighted by molar-refractivity contribution is 7.87. The molecule has 11 aromatic rings. The summed E-state index contributed by atoms with van der Waals surface area (Å²) in [6, 6.07) is 20.2. The zero-order valence-corrected chi connectivity index (χ0v) is 26.5. The first-order valence-electron chi connectivity index (χ1n) is 15.5. The molecule has 0 atom stereocenters. The highest BCUT2D eigenvalue weighted by atomic mass is 32.2. The lowest BCUT2D eigenvalue weighted by Crippen LogP contribution is -2.21. The van der Waals surface area contributed by atoms with Crippen LogP contribution in [0, 0.1) is 0 Å². The van der Waals surface area contributed by atoms with Crippen LogP contribution in [0.5, 0.6) is 11.5 Å². The minimum atomic E-state index is -4.50. The van der Waals surface area contributed by atoms with E-state index in [9.17, 15) is 26.4 Å². The van der Waals surface area contributed by atoms with E-state index in [4.69, 9.17) is 8.37 Å². The average molecular weight is 695 g/mol. The molecule has 238 valence electrons. The molecule has 12 nitrogen and oxygen atoms in total. The molecular weight excluding hydrogens is 681 g/mol. The first-order valence-corrected chi connectivity index (χ1v) is 18.3. The van der Waals surface area contributed by atoms with Gasteiger partial charge in [-0.2, -0.15) is 16.8 Å². The molecule has 6 heterocycles. The van der Waals surface area contributed by atoms with Gasteiger partial charge in [0.25, 0.3) is 11.1 Å². The topological polar surface area (TPSA) is 161 Å². The van der Waals surface area contributed by atoms with Crippen LogP contribution in [0.2, 0.25) is 0 Å². The normalized spacial score (nSPS) is 16.3. The van der Waals surface area contributed by atoms with Crippen LogP contribution in [0.25, 0.3) is 98.0 Å². The Balaban J connectivity index is 1.43. The summed E-state index contributed by atoms with van der Waals surface area (Å²) < 4.78 is 71.3. The van der Waals surface area contributed by atoms with Gasteiger partial charge in [-0.15, -0.1) is 0 Å². The lowest BCUT2D eigenvalue weighted by molar-refractivity contribution is 0.485. The van der Waals surface area contributed by atoms with E-state index in [-0.39, 0.29) is 42.8 Å². The van der Waals surface area contributed by atoms with Gasteiger partial charge in [0.15, 0.2) is 11.5 Å². The van der Waals surface area contributed by atoms with Crippen molar-refractivity contribution in [2.45, 2.75) is 9.79 Å². The molecule has 0 bridgehead atoms. The Morgan fingerprint density at radius 2 is 0.900 bits per heavy atom. The number of nitrogens with one attached hydrogen (secondary N) is 2. The van der Waals surface area contributed by atoms with Crippen molar-refractivity contribution in [3.05, 3.63) is 93.5 Å². The highest BCUT2D eigenvalue weighted by Crippen LogP contribution is 2.57. The summed E-state index contributed by atoms with van der Waals surface area (Å²) in [5.41, 5.74) is 2.32. The Bertz CT molecular complexity index is 3650. The van der Waals surface area contributed by atoms with Gasteiger partial charge in [0, 0.05) is 53.9 Å². The molecule has 0 unspecified atom stereocenters. The molecule has 0 saturated carbocycles. The molecule has 7 aromatic carbocycles. The maximum Gasteiger partial charge on any atom is 0.339 e. The van der Waals surface area contributed by atoms with Crippen LogP contribution < -0.4 is 19.5 Å². The van der Waals surface area contributed by atoms with Crippen LogP contribution in [0.4, 0.5) is 0 Å². The molecule has 0 radical (unpaired) electrons. The third kappa shape index (κ3) is 2.50. The standard InChI is InChI=1S/C36H14N4O8S2/c41-35-15-9-21-27-30-24(50(45,46)47-21)12-14-26-16(36(42)40-20-8-4-2-6-18(20)38-34(14)40)10-22-28(32(26)30)29-23(49(43,44)48-22)11-13(25(15)31(27)29)33-37-17-5-1-3-7-19(17)39(33)35/h1-12,37-38H. The van der Waals surface area contributed by atoms with Crippen molar-refractivity contribution in [1.82, 2.24) is 18.8 Å². The monoisotopic (exact) mass is 694 g/mol. The second kappa shape index (κ2) is 7.44. The Kier molecular flexibility index (Phi) is 3.81. The van der Waals surface area contributed by atoms with Gasteiger partial charge in [-0.05, 0) is 48.5 Å². The summed E-state index contributed by atoms with van der Waals surface area (Å²) in [6.45, 7) is 0. The molecule has 14 heteroatoms. The van der Waals surface area contributed by atoms with Gasteiger partial charge in [-0.1, -0.05) is 24.3 Å². The molecule has 0 spiro atoms. The van der Waals surface area contributed by atoms with Crippen LogP contribution in [-0.4, -0.2) is 35.6 Å². The molecule has 0 fully saturated rings. The van der Waals surface area contributed by atoms with Crippen molar-refractivity contribution >= 4 is 118 Å². The summed E-state index contributed by atoms with van der Waals surface area (Å²) in [5.74, 6) is -0.201. The fraction of sp³-hybridized carbons (Fsp3) is 0. The Labute approximate surface area is 276 Å². The van der Waals surface area contributed by atoms with E-state index in [1.807, 2.05) is 24.3 Å². The first-order chi connectivity index (χ1) is 24.1. The number of hydrogen-bond acceptors (Lipinski definition) is 8. The smallest absolute Gasteiger partial charge is 0.339 e. The molecule has 0 amide bonds. The molecule has 2 N–H and O–H groups in total. The van der Waals surface area contributed by atoms with Crippen LogP contribution >= 0.6 is 0 Å². The molecule has 4 aromatic heterocycles. The minimum Gasteiger partial charge on any atom is -0.378 e. The number of H-pyrrole nitrogens is 2. The van der Waals surface area contributed by atoms with Gasteiger partial charge in [0.2, 0.25) is 0 Å². The number of imidazole rings is 2. The summed E-state index contributed by atoms with van der Waals surface area (Å²) >= 11 is 0. The third-order valence-electron chi connectivity index (χ3n) is 10.7. The van der Waals surface area contributed by atoms with E-state index in [1.165, 1.54) is 33.1 Å². The number of para-hydroxylation sites is 4. The second-order valence-electron chi connectivity index (χ2n) is 13.0. The number of nitrogens with zero attached hydrogens (tertiary/aromatic N) is 2. The maximum absolute atomic E-state index is 14.4. The van der Waals surface area contributed by atoms with E-state index >= 15 is 0 Å². The Morgan fingerprint density at radius 1 is 0.480 bits per heavy atom. The van der Waals surface area contributed by atoms with E-state index in [0.29, 0.717) is 76.5 Å². The molecule has 2 aliphatic rings. The van der Waals surface area contributed by atoms with Crippen LogP contribution in [0.15, 0.2) is 92.2 Å². The fourth-order valence-electron chi connectivity index (χ4n) is 8.92. The summed E-state index contributed by atoms with van der Waals surface area (Å²) in [7, 11) is -9.00. The molecule has 0 aliphatic carbocycles. The van der Waals surface area contributed by atoms with Crippen LogP contribution in [0.3, 0.4) is 0 Å². The van der Waals surface area contributed by atoms with Gasteiger partial charge in [-0.3, -0.25) is 18.4 Å². The summed E-state index contributed by atoms with van der Waals surface area (Å²) in [6.07, 6.45) is 0. The highest BCUT2D eigenvalue weighted by Gasteiger charge is 2.40. The number of aromatic amines is 2. The number of aromatic nitrogens is 4. The van der Waals surface area contributed by atoms with Gasteiger partial charge in [0.05, 0.1) is 32.8 Å². The molecule has 50 heavy (non-hydrogen) atoms. The predicted molar refractivity (Wildman–Crippen MR) is 188 cm³/mol. The van der Waals surface area contributed by atoms with Gasteiger partial charge >= 0.3 is 20.2 Å². The molecule has 13 rings (SSSR count). The van der Waals surface area contributed by atoms with Crippen molar-refractivity contribution in [3.8, 4) is 11.5 Å². The largest absolute Gasteiger partial charge is 0.378 e. The van der Waals surface area contributed by atoms with Crippen molar-refractivity contribution in [2.75, 3.05) is 0 Å². The average Bonchev–Trinajstić information content (AvgIpc) is 3.68. The minimum absolute atomic E-state index is 0.101. The van der Waals surface area contributed by atoms with Gasteiger partial charge in [0.1, 0.15) is 21.1 Å². The SMILES string of the molecule is O=c1c2cc3c4c5c(cc6c7c(cc8c(c9c(cc(c2c49)c2[nH]c4ccccc4n12)S(=O)(=O)O8)c57)c(=O)n1c2ccccc2[nH]c61)S(=O)(=O)O3. The molecule has 0 saturated heterocycles. The molecule has 2 aliphatic heterocycles. The number of fused-ring (bicyclic) bond motifs is 8. The number of pyridine rings is 2. The fourth-order valence-corrected chi connectivity index (χ4v) is 11.3. The van der Waals surface area contributed by atoms with Crippen LogP contribution in [0.1, 0.15) is 0 Å². The summed E-state index contributed by atoms with van der Waals surface area (Å²) in [4.78, 5) is 35.1.